The number of likely N-dealkylation sites (tertiary alicyclic amines) is 1. The summed E-state index contributed by atoms with van der Waals surface area (Å²) in [7, 11) is 0. The average molecular weight is 288 g/mol. The van der Waals surface area contributed by atoms with Crippen LogP contribution < -0.4 is 0 Å². The smallest absolute Gasteiger partial charge is 0.158 e. The molecule has 2 heterocycles. The number of Topliss-reactive ketones (excluding diaryl/α,β-unsaturated/α-hetero) is 1. The van der Waals surface area contributed by atoms with Crippen LogP contribution in [0.15, 0.2) is 18.3 Å². The van der Waals surface area contributed by atoms with Crippen LogP contribution in [0.3, 0.4) is 0 Å². The molecular formula is C18H28N2O. The SMILES string of the molecule is CCc1ccc(CC(=O)C(CC)(CC)N2CCCC2)nc1. The summed E-state index contributed by atoms with van der Waals surface area (Å²) in [5.41, 5.74) is 1.85. The van der Waals surface area contributed by atoms with Crippen LogP contribution in [-0.4, -0.2) is 34.3 Å². The number of carbonyl (C=O) groups excluding carboxylic acids is 1. The fourth-order valence-corrected chi connectivity index (χ4v) is 3.51. The van der Waals surface area contributed by atoms with Gasteiger partial charge in [-0.2, -0.15) is 0 Å². The molecule has 116 valence electrons. The fourth-order valence-electron chi connectivity index (χ4n) is 3.51. The first-order valence-corrected chi connectivity index (χ1v) is 8.38. The van der Waals surface area contributed by atoms with E-state index in [-0.39, 0.29) is 5.54 Å². The minimum atomic E-state index is -0.276. The molecule has 0 N–H and O–H groups in total. The third-order valence-corrected chi connectivity index (χ3v) is 5.04. The molecular weight excluding hydrogens is 260 g/mol. The molecule has 0 spiro atoms. The van der Waals surface area contributed by atoms with E-state index in [9.17, 15) is 4.79 Å². The molecule has 1 aromatic heterocycles. The topological polar surface area (TPSA) is 33.2 Å². The maximum atomic E-state index is 13.0. The van der Waals surface area contributed by atoms with Crippen molar-refractivity contribution < 1.29 is 4.79 Å². The quantitative estimate of drug-likeness (QED) is 0.771. The molecule has 1 aromatic rings. The molecule has 1 aliphatic rings. The first-order chi connectivity index (χ1) is 10.2. The van der Waals surface area contributed by atoms with Crippen LogP contribution in [0.5, 0.6) is 0 Å². The second-order valence-electron chi connectivity index (χ2n) is 6.04. The molecule has 0 saturated carbocycles. The number of ketones is 1. The highest BCUT2D eigenvalue weighted by Crippen LogP contribution is 2.30. The van der Waals surface area contributed by atoms with Crippen molar-refractivity contribution in [2.24, 2.45) is 0 Å². The second kappa shape index (κ2) is 7.17. The molecule has 2 rings (SSSR count). The van der Waals surface area contributed by atoms with E-state index in [0.717, 1.165) is 38.0 Å². The van der Waals surface area contributed by atoms with E-state index in [1.807, 2.05) is 12.3 Å². The lowest BCUT2D eigenvalue weighted by Gasteiger charge is -2.39. The minimum Gasteiger partial charge on any atom is -0.297 e. The molecule has 21 heavy (non-hydrogen) atoms. The Hall–Kier alpha value is -1.22. The zero-order chi connectivity index (χ0) is 15.3. The van der Waals surface area contributed by atoms with Gasteiger partial charge in [0.2, 0.25) is 0 Å². The van der Waals surface area contributed by atoms with Crippen molar-refractivity contribution >= 4 is 5.78 Å². The van der Waals surface area contributed by atoms with E-state index in [0.29, 0.717) is 12.2 Å². The maximum absolute atomic E-state index is 13.0. The van der Waals surface area contributed by atoms with E-state index in [1.165, 1.54) is 18.4 Å². The fraction of sp³-hybridized carbons (Fsp3) is 0.667. The summed E-state index contributed by atoms with van der Waals surface area (Å²) in [5.74, 6) is 0.339. The van der Waals surface area contributed by atoms with E-state index in [1.54, 1.807) is 0 Å². The first-order valence-electron chi connectivity index (χ1n) is 8.38. The first kappa shape index (κ1) is 16.2. The largest absolute Gasteiger partial charge is 0.297 e. The summed E-state index contributed by atoms with van der Waals surface area (Å²) in [4.78, 5) is 19.8. The molecule has 0 unspecified atom stereocenters. The van der Waals surface area contributed by atoms with Crippen LogP contribution in [0.4, 0.5) is 0 Å². The zero-order valence-corrected chi connectivity index (χ0v) is 13.7. The normalized spacial score (nSPS) is 16.3. The van der Waals surface area contributed by atoms with Crippen molar-refractivity contribution in [2.75, 3.05) is 13.1 Å². The van der Waals surface area contributed by atoms with Gasteiger partial charge in [-0.1, -0.05) is 26.8 Å². The highest BCUT2D eigenvalue weighted by Gasteiger charge is 2.41. The molecule has 0 bridgehead atoms. The van der Waals surface area contributed by atoms with Crippen molar-refractivity contribution in [1.29, 1.82) is 0 Å². The van der Waals surface area contributed by atoms with Crippen LogP contribution >= 0.6 is 0 Å². The van der Waals surface area contributed by atoms with Gasteiger partial charge in [0.1, 0.15) is 0 Å². The lowest BCUT2D eigenvalue weighted by atomic mass is 9.84. The van der Waals surface area contributed by atoms with Crippen LogP contribution in [-0.2, 0) is 17.6 Å². The van der Waals surface area contributed by atoms with Crippen molar-refractivity contribution in [3.05, 3.63) is 29.6 Å². The van der Waals surface area contributed by atoms with Crippen LogP contribution in [0.25, 0.3) is 0 Å². The predicted molar refractivity (Wildman–Crippen MR) is 86.4 cm³/mol. The summed E-state index contributed by atoms with van der Waals surface area (Å²) < 4.78 is 0. The van der Waals surface area contributed by atoms with Crippen LogP contribution in [0.2, 0.25) is 0 Å². The molecule has 0 radical (unpaired) electrons. The van der Waals surface area contributed by atoms with Gasteiger partial charge in [0.15, 0.2) is 5.78 Å². The van der Waals surface area contributed by atoms with Crippen LogP contribution in [0, 0.1) is 0 Å². The van der Waals surface area contributed by atoms with Crippen molar-refractivity contribution in [3.63, 3.8) is 0 Å². The highest BCUT2D eigenvalue weighted by atomic mass is 16.1. The Morgan fingerprint density at radius 1 is 1.19 bits per heavy atom. The van der Waals surface area contributed by atoms with E-state index < -0.39 is 0 Å². The van der Waals surface area contributed by atoms with Gasteiger partial charge in [-0.15, -0.1) is 0 Å². The number of aromatic nitrogens is 1. The van der Waals surface area contributed by atoms with Gasteiger partial charge in [0.25, 0.3) is 0 Å². The third kappa shape index (κ3) is 3.34. The minimum absolute atomic E-state index is 0.276. The number of pyridine rings is 1. The monoisotopic (exact) mass is 288 g/mol. The lowest BCUT2D eigenvalue weighted by Crippen LogP contribution is -2.53. The molecule has 0 aromatic carbocycles. The molecule has 3 heteroatoms. The lowest BCUT2D eigenvalue weighted by molar-refractivity contribution is -0.130. The number of nitrogens with zero attached hydrogens (tertiary/aromatic N) is 2. The van der Waals surface area contributed by atoms with Gasteiger partial charge in [0, 0.05) is 11.9 Å². The third-order valence-electron chi connectivity index (χ3n) is 5.04. The van der Waals surface area contributed by atoms with Gasteiger partial charge in [0.05, 0.1) is 12.0 Å². The Labute approximate surface area is 128 Å². The number of hydrogen-bond donors (Lipinski definition) is 0. The Balaban J connectivity index is 2.14. The molecule has 0 atom stereocenters. The summed E-state index contributed by atoms with van der Waals surface area (Å²) in [6, 6.07) is 4.10. The Kier molecular flexibility index (Phi) is 5.51. The number of carbonyl (C=O) groups is 1. The predicted octanol–water partition coefficient (Wildman–Crippen LogP) is 3.41. The highest BCUT2D eigenvalue weighted by molar-refractivity contribution is 5.90. The summed E-state index contributed by atoms with van der Waals surface area (Å²) >= 11 is 0. The van der Waals surface area contributed by atoms with E-state index in [4.69, 9.17) is 0 Å². The van der Waals surface area contributed by atoms with Gasteiger partial charge in [-0.05, 0) is 56.8 Å². The van der Waals surface area contributed by atoms with Gasteiger partial charge >= 0.3 is 0 Å². The Bertz CT molecular complexity index is 457. The van der Waals surface area contributed by atoms with Gasteiger partial charge < -0.3 is 0 Å². The van der Waals surface area contributed by atoms with Crippen LogP contribution in [0.1, 0.15) is 57.7 Å². The summed E-state index contributed by atoms with van der Waals surface area (Å²) in [5, 5.41) is 0. The maximum Gasteiger partial charge on any atom is 0.158 e. The van der Waals surface area contributed by atoms with Crippen molar-refractivity contribution in [2.45, 2.75) is 64.8 Å². The van der Waals surface area contributed by atoms with Gasteiger partial charge in [-0.3, -0.25) is 14.7 Å². The number of hydrogen-bond acceptors (Lipinski definition) is 3. The Morgan fingerprint density at radius 2 is 1.86 bits per heavy atom. The van der Waals surface area contributed by atoms with E-state index in [2.05, 4.69) is 36.7 Å². The van der Waals surface area contributed by atoms with Crippen molar-refractivity contribution in [3.8, 4) is 0 Å². The van der Waals surface area contributed by atoms with Gasteiger partial charge in [-0.25, -0.2) is 0 Å². The number of rotatable bonds is 7. The standard InChI is InChI=1S/C18H28N2O/c1-4-15-9-10-16(19-14-15)13-17(21)18(5-2,6-3)20-11-7-8-12-20/h9-10,14H,4-8,11-13H2,1-3H3. The van der Waals surface area contributed by atoms with E-state index >= 15 is 0 Å². The number of aryl methyl sites for hydroxylation is 1. The van der Waals surface area contributed by atoms with Crippen molar-refractivity contribution in [1.82, 2.24) is 9.88 Å². The second-order valence-corrected chi connectivity index (χ2v) is 6.04. The molecule has 1 fully saturated rings. The molecule has 3 nitrogen and oxygen atoms in total. The Morgan fingerprint density at radius 3 is 2.33 bits per heavy atom. The zero-order valence-electron chi connectivity index (χ0n) is 13.7. The molecule has 1 saturated heterocycles. The molecule has 0 amide bonds. The molecule has 1 aliphatic heterocycles. The molecule has 0 aliphatic carbocycles. The summed E-state index contributed by atoms with van der Waals surface area (Å²) in [6.07, 6.45) is 7.59. The summed E-state index contributed by atoms with van der Waals surface area (Å²) in [6.45, 7) is 8.54. The average Bonchev–Trinajstić information content (AvgIpc) is 3.05.